The third-order valence-electron chi connectivity index (χ3n) is 2.90. The number of nitrogens with one attached hydrogen (secondary N) is 2. The zero-order valence-electron chi connectivity index (χ0n) is 10.0. The number of amidine groups is 1. The number of anilines is 1. The summed E-state index contributed by atoms with van der Waals surface area (Å²) in [4.78, 5) is 5.68. The minimum Gasteiger partial charge on any atom is -0.377 e. The van der Waals surface area contributed by atoms with E-state index in [-0.39, 0.29) is 0 Å². The molecule has 0 saturated heterocycles. The maximum absolute atomic E-state index is 4.39. The van der Waals surface area contributed by atoms with Crippen LogP contribution in [0.4, 0.5) is 5.69 Å². The molecule has 2 heterocycles. The van der Waals surface area contributed by atoms with Crippen molar-refractivity contribution in [1.29, 1.82) is 0 Å². The van der Waals surface area contributed by atoms with Crippen LogP contribution in [0.1, 0.15) is 0 Å². The molecule has 3 rings (SSSR count). The minimum absolute atomic E-state index is 0.766. The van der Waals surface area contributed by atoms with Crippen LogP contribution >= 0.6 is 11.3 Å². The van der Waals surface area contributed by atoms with Crippen molar-refractivity contribution < 1.29 is 0 Å². The fourth-order valence-corrected chi connectivity index (χ4v) is 2.79. The molecule has 0 fully saturated rings. The highest BCUT2D eigenvalue weighted by Crippen LogP contribution is 2.31. The lowest BCUT2D eigenvalue weighted by molar-refractivity contribution is 0.956. The summed E-state index contributed by atoms with van der Waals surface area (Å²) in [7, 11) is 0. The number of hydrogen-bond donors (Lipinski definition) is 2. The second kappa shape index (κ2) is 5.23. The number of aliphatic imine (C=N–C) groups is 1. The Labute approximate surface area is 111 Å². The molecule has 18 heavy (non-hydrogen) atoms. The van der Waals surface area contributed by atoms with Crippen LogP contribution in [-0.2, 0) is 0 Å². The van der Waals surface area contributed by atoms with Gasteiger partial charge in [-0.15, -0.1) is 11.3 Å². The van der Waals surface area contributed by atoms with Crippen molar-refractivity contribution in [3.8, 4) is 10.4 Å². The summed E-state index contributed by atoms with van der Waals surface area (Å²) in [5, 5.41) is 8.83. The third kappa shape index (κ3) is 2.38. The van der Waals surface area contributed by atoms with Crippen molar-refractivity contribution in [3.63, 3.8) is 0 Å². The summed E-state index contributed by atoms with van der Waals surface area (Å²) >= 11 is 1.76. The molecule has 0 unspecified atom stereocenters. The Bertz CT molecular complexity index is 546. The van der Waals surface area contributed by atoms with Gasteiger partial charge in [-0.05, 0) is 17.5 Å². The molecule has 92 valence electrons. The SMILES string of the molecule is c1csc(-c2ccccc2NCC2=NCCN2)c1. The van der Waals surface area contributed by atoms with E-state index >= 15 is 0 Å². The molecule has 0 radical (unpaired) electrons. The summed E-state index contributed by atoms with van der Waals surface area (Å²) < 4.78 is 0. The largest absolute Gasteiger partial charge is 0.377 e. The van der Waals surface area contributed by atoms with E-state index in [2.05, 4.69) is 57.4 Å². The molecular formula is C14H15N3S. The molecule has 0 bridgehead atoms. The number of hydrogen-bond acceptors (Lipinski definition) is 4. The average Bonchev–Trinajstić information content (AvgIpc) is 3.10. The lowest BCUT2D eigenvalue weighted by atomic mass is 10.1. The Balaban J connectivity index is 1.79. The smallest absolute Gasteiger partial charge is 0.116 e. The van der Waals surface area contributed by atoms with Gasteiger partial charge in [0.15, 0.2) is 0 Å². The standard InChI is InChI=1S/C14H15N3S/c1-2-5-12(17-10-14-15-7-8-16-14)11(4-1)13-6-3-9-18-13/h1-6,9,17H,7-8,10H2,(H,15,16). The molecule has 0 saturated carbocycles. The van der Waals surface area contributed by atoms with E-state index in [1.165, 1.54) is 10.4 Å². The third-order valence-corrected chi connectivity index (χ3v) is 3.81. The van der Waals surface area contributed by atoms with E-state index in [0.29, 0.717) is 0 Å². The molecule has 2 N–H and O–H groups in total. The van der Waals surface area contributed by atoms with Crippen molar-refractivity contribution in [2.45, 2.75) is 0 Å². The van der Waals surface area contributed by atoms with E-state index in [4.69, 9.17) is 0 Å². The van der Waals surface area contributed by atoms with Crippen LogP contribution in [0.25, 0.3) is 10.4 Å². The maximum Gasteiger partial charge on any atom is 0.116 e. The summed E-state index contributed by atoms with van der Waals surface area (Å²) in [5.41, 5.74) is 2.42. The molecule has 0 spiro atoms. The van der Waals surface area contributed by atoms with E-state index in [9.17, 15) is 0 Å². The first kappa shape index (κ1) is 11.3. The first-order valence-corrected chi connectivity index (χ1v) is 6.95. The maximum atomic E-state index is 4.39. The molecule has 3 nitrogen and oxygen atoms in total. The average molecular weight is 257 g/mol. The lowest BCUT2D eigenvalue weighted by Crippen LogP contribution is -2.26. The Morgan fingerprint density at radius 2 is 2.17 bits per heavy atom. The molecule has 1 aromatic carbocycles. The highest BCUT2D eigenvalue weighted by atomic mass is 32.1. The van der Waals surface area contributed by atoms with Gasteiger partial charge in [0.05, 0.1) is 13.1 Å². The predicted molar refractivity (Wildman–Crippen MR) is 78.5 cm³/mol. The molecule has 4 heteroatoms. The molecule has 0 atom stereocenters. The molecule has 1 aliphatic heterocycles. The van der Waals surface area contributed by atoms with Gasteiger partial charge in [0.25, 0.3) is 0 Å². The van der Waals surface area contributed by atoms with Gasteiger partial charge in [-0.1, -0.05) is 24.3 Å². The zero-order valence-corrected chi connectivity index (χ0v) is 10.8. The van der Waals surface area contributed by atoms with Gasteiger partial charge in [-0.25, -0.2) is 0 Å². The molecule has 2 aromatic rings. The first-order valence-electron chi connectivity index (χ1n) is 6.07. The molecular weight excluding hydrogens is 242 g/mol. The van der Waals surface area contributed by atoms with Gasteiger partial charge in [0, 0.05) is 22.7 Å². The number of thiophene rings is 1. The molecule has 1 aliphatic rings. The first-order chi connectivity index (χ1) is 8.93. The van der Waals surface area contributed by atoms with E-state index in [0.717, 1.165) is 31.2 Å². The van der Waals surface area contributed by atoms with Crippen LogP contribution in [0.2, 0.25) is 0 Å². The van der Waals surface area contributed by atoms with Crippen molar-refractivity contribution in [1.82, 2.24) is 5.32 Å². The Kier molecular flexibility index (Phi) is 3.28. The molecule has 0 aliphatic carbocycles. The zero-order chi connectivity index (χ0) is 12.2. The number of benzene rings is 1. The van der Waals surface area contributed by atoms with Crippen molar-refractivity contribution >= 4 is 22.9 Å². The van der Waals surface area contributed by atoms with Crippen LogP contribution < -0.4 is 10.6 Å². The van der Waals surface area contributed by atoms with Crippen LogP contribution in [0.3, 0.4) is 0 Å². The van der Waals surface area contributed by atoms with Crippen LogP contribution in [-0.4, -0.2) is 25.5 Å². The van der Waals surface area contributed by atoms with Crippen LogP contribution in [0, 0.1) is 0 Å². The van der Waals surface area contributed by atoms with Gasteiger partial charge in [-0.3, -0.25) is 4.99 Å². The number of para-hydroxylation sites is 1. The Hall–Kier alpha value is -1.81. The van der Waals surface area contributed by atoms with Crippen LogP contribution in [0.15, 0.2) is 46.8 Å². The van der Waals surface area contributed by atoms with Gasteiger partial charge < -0.3 is 10.6 Å². The number of nitrogens with zero attached hydrogens (tertiary/aromatic N) is 1. The van der Waals surface area contributed by atoms with Crippen molar-refractivity contribution in [2.24, 2.45) is 4.99 Å². The van der Waals surface area contributed by atoms with Crippen LogP contribution in [0.5, 0.6) is 0 Å². The fraction of sp³-hybridized carbons (Fsp3) is 0.214. The fourth-order valence-electron chi connectivity index (χ4n) is 2.03. The summed E-state index contributed by atoms with van der Waals surface area (Å²) in [6, 6.07) is 12.6. The molecule has 1 aromatic heterocycles. The van der Waals surface area contributed by atoms with Crippen molar-refractivity contribution in [2.75, 3.05) is 25.0 Å². The second-order valence-corrected chi connectivity index (χ2v) is 5.08. The summed E-state index contributed by atoms with van der Waals surface area (Å²) in [6.07, 6.45) is 0. The highest BCUT2D eigenvalue weighted by molar-refractivity contribution is 7.13. The lowest BCUT2D eigenvalue weighted by Gasteiger charge is -2.11. The van der Waals surface area contributed by atoms with E-state index in [1.807, 2.05) is 0 Å². The van der Waals surface area contributed by atoms with Gasteiger partial charge in [0.1, 0.15) is 5.84 Å². The summed E-state index contributed by atoms with van der Waals surface area (Å²) in [6.45, 7) is 2.62. The van der Waals surface area contributed by atoms with Gasteiger partial charge in [-0.2, -0.15) is 0 Å². The van der Waals surface area contributed by atoms with Gasteiger partial charge >= 0.3 is 0 Å². The van der Waals surface area contributed by atoms with Crippen molar-refractivity contribution in [3.05, 3.63) is 41.8 Å². The van der Waals surface area contributed by atoms with E-state index < -0.39 is 0 Å². The molecule has 0 amide bonds. The van der Waals surface area contributed by atoms with Gasteiger partial charge in [0.2, 0.25) is 0 Å². The topological polar surface area (TPSA) is 36.4 Å². The number of rotatable bonds is 4. The normalized spacial score (nSPS) is 14.1. The minimum atomic E-state index is 0.766. The monoisotopic (exact) mass is 257 g/mol. The predicted octanol–water partition coefficient (Wildman–Crippen LogP) is 2.83. The summed E-state index contributed by atoms with van der Waals surface area (Å²) in [5.74, 6) is 1.05. The van der Waals surface area contributed by atoms with E-state index in [1.54, 1.807) is 11.3 Å². The quantitative estimate of drug-likeness (QED) is 0.883. The Morgan fingerprint density at radius 1 is 1.22 bits per heavy atom. The Morgan fingerprint density at radius 3 is 2.94 bits per heavy atom. The highest BCUT2D eigenvalue weighted by Gasteiger charge is 2.08. The second-order valence-electron chi connectivity index (χ2n) is 4.13.